The zero-order valence-electron chi connectivity index (χ0n) is 14.4. The number of rotatable bonds is 7. The van der Waals surface area contributed by atoms with Gasteiger partial charge in [-0.3, -0.25) is 4.79 Å². The van der Waals surface area contributed by atoms with Gasteiger partial charge in [-0.2, -0.15) is 0 Å². The number of ether oxygens (including phenoxy) is 1. The average molecular weight is 390 g/mol. The third-order valence-corrected chi connectivity index (χ3v) is 4.16. The van der Waals surface area contributed by atoms with Crippen LogP contribution in [0.4, 0.5) is 0 Å². The highest BCUT2D eigenvalue weighted by molar-refractivity contribution is 9.10. The third kappa shape index (κ3) is 6.00. The Morgan fingerprint density at radius 2 is 1.83 bits per heavy atom. The molecule has 0 saturated carbocycles. The van der Waals surface area contributed by atoms with Crippen LogP contribution >= 0.6 is 15.9 Å². The van der Waals surface area contributed by atoms with E-state index in [2.05, 4.69) is 59.4 Å². The lowest BCUT2D eigenvalue weighted by atomic mass is 10.00. The van der Waals surface area contributed by atoms with E-state index in [1.165, 1.54) is 5.56 Å². The molecular formula is C20H24BrNO2. The number of amides is 1. The predicted octanol–water partition coefficient (Wildman–Crippen LogP) is 4.90. The van der Waals surface area contributed by atoms with Crippen LogP contribution in [0.3, 0.4) is 0 Å². The molecule has 2 aromatic rings. The Kier molecular flexibility index (Phi) is 6.85. The second-order valence-corrected chi connectivity index (χ2v) is 7.29. The molecule has 0 aliphatic rings. The molecule has 24 heavy (non-hydrogen) atoms. The van der Waals surface area contributed by atoms with E-state index in [0.717, 1.165) is 16.5 Å². The van der Waals surface area contributed by atoms with Crippen LogP contribution in [0.5, 0.6) is 5.75 Å². The van der Waals surface area contributed by atoms with Gasteiger partial charge in [0.25, 0.3) is 5.91 Å². The summed E-state index contributed by atoms with van der Waals surface area (Å²) in [6.45, 7) is 6.41. The lowest BCUT2D eigenvalue weighted by Crippen LogP contribution is -2.31. The molecule has 1 N–H and O–H groups in total. The van der Waals surface area contributed by atoms with E-state index in [4.69, 9.17) is 4.74 Å². The molecule has 0 aliphatic heterocycles. The molecule has 0 aromatic heterocycles. The summed E-state index contributed by atoms with van der Waals surface area (Å²) in [6, 6.07) is 15.8. The van der Waals surface area contributed by atoms with E-state index >= 15 is 0 Å². The van der Waals surface area contributed by atoms with Crippen molar-refractivity contribution in [1.29, 1.82) is 0 Å². The van der Waals surface area contributed by atoms with E-state index in [0.29, 0.717) is 11.7 Å². The van der Waals surface area contributed by atoms with Gasteiger partial charge >= 0.3 is 0 Å². The van der Waals surface area contributed by atoms with Crippen molar-refractivity contribution in [2.75, 3.05) is 6.61 Å². The maximum absolute atomic E-state index is 12.0. The van der Waals surface area contributed by atoms with Crippen LogP contribution in [-0.4, -0.2) is 12.5 Å². The van der Waals surface area contributed by atoms with Crippen molar-refractivity contribution in [2.24, 2.45) is 5.92 Å². The Hall–Kier alpha value is -1.81. The summed E-state index contributed by atoms with van der Waals surface area (Å²) >= 11 is 3.38. The molecule has 0 fully saturated rings. The Balaban J connectivity index is 1.84. The third-order valence-electron chi connectivity index (χ3n) is 3.67. The minimum absolute atomic E-state index is 0.00618. The summed E-state index contributed by atoms with van der Waals surface area (Å²) in [5.41, 5.74) is 2.42. The molecule has 0 unspecified atom stereocenters. The van der Waals surface area contributed by atoms with Crippen LogP contribution in [-0.2, 0) is 11.2 Å². The molecule has 1 atom stereocenters. The topological polar surface area (TPSA) is 38.3 Å². The predicted molar refractivity (Wildman–Crippen MR) is 101 cm³/mol. The lowest BCUT2D eigenvalue weighted by Gasteiger charge is -2.15. The van der Waals surface area contributed by atoms with Gasteiger partial charge in [0.2, 0.25) is 0 Å². The van der Waals surface area contributed by atoms with Gasteiger partial charge in [-0.15, -0.1) is 0 Å². The molecule has 2 aromatic carbocycles. The summed E-state index contributed by atoms with van der Waals surface area (Å²) in [5, 5.41) is 2.97. The van der Waals surface area contributed by atoms with Crippen LogP contribution < -0.4 is 10.1 Å². The minimum Gasteiger partial charge on any atom is -0.484 e. The number of halogens is 1. The first-order valence-electron chi connectivity index (χ1n) is 8.20. The number of carbonyl (C=O) groups excluding carboxylic acids is 1. The van der Waals surface area contributed by atoms with E-state index in [1.807, 2.05) is 31.2 Å². The Morgan fingerprint density at radius 3 is 2.46 bits per heavy atom. The molecule has 0 bridgehead atoms. The fourth-order valence-corrected chi connectivity index (χ4v) is 2.86. The number of benzene rings is 2. The molecule has 4 heteroatoms. The van der Waals surface area contributed by atoms with Crippen molar-refractivity contribution >= 4 is 21.8 Å². The monoisotopic (exact) mass is 389 g/mol. The van der Waals surface area contributed by atoms with Gasteiger partial charge in [0.15, 0.2) is 6.61 Å². The Morgan fingerprint density at radius 1 is 1.12 bits per heavy atom. The van der Waals surface area contributed by atoms with Crippen LogP contribution in [0.1, 0.15) is 37.9 Å². The first-order chi connectivity index (χ1) is 11.4. The first-order valence-corrected chi connectivity index (χ1v) is 9.00. The van der Waals surface area contributed by atoms with Crippen molar-refractivity contribution in [3.05, 3.63) is 64.1 Å². The summed E-state index contributed by atoms with van der Waals surface area (Å²) in [7, 11) is 0. The molecular weight excluding hydrogens is 366 g/mol. The van der Waals surface area contributed by atoms with Crippen LogP contribution in [0.2, 0.25) is 0 Å². The van der Waals surface area contributed by atoms with Crippen molar-refractivity contribution in [3.63, 3.8) is 0 Å². The molecule has 0 radical (unpaired) electrons. The number of hydrogen-bond donors (Lipinski definition) is 1. The van der Waals surface area contributed by atoms with Gasteiger partial charge < -0.3 is 10.1 Å². The van der Waals surface area contributed by atoms with Crippen molar-refractivity contribution in [1.82, 2.24) is 5.32 Å². The average Bonchev–Trinajstić information content (AvgIpc) is 2.53. The maximum atomic E-state index is 12.0. The zero-order chi connectivity index (χ0) is 17.5. The molecule has 128 valence electrons. The van der Waals surface area contributed by atoms with Gasteiger partial charge in [0.05, 0.1) is 6.04 Å². The Bertz CT molecular complexity index is 668. The number of nitrogens with one attached hydrogen (secondary N) is 1. The van der Waals surface area contributed by atoms with Gasteiger partial charge in [0, 0.05) is 4.47 Å². The SMILES string of the molecule is CC(C)Cc1ccc([C@H](C)NC(=O)COc2cccc(Br)c2)cc1. The second-order valence-electron chi connectivity index (χ2n) is 6.37. The molecule has 2 rings (SSSR count). The van der Waals surface area contributed by atoms with Crippen molar-refractivity contribution < 1.29 is 9.53 Å². The maximum Gasteiger partial charge on any atom is 0.258 e. The van der Waals surface area contributed by atoms with E-state index in [9.17, 15) is 4.79 Å². The van der Waals surface area contributed by atoms with Crippen LogP contribution in [0.15, 0.2) is 53.0 Å². The fraction of sp³-hybridized carbons (Fsp3) is 0.350. The summed E-state index contributed by atoms with van der Waals surface area (Å²) in [5.74, 6) is 1.18. The van der Waals surface area contributed by atoms with Crippen molar-refractivity contribution in [2.45, 2.75) is 33.2 Å². The molecule has 0 spiro atoms. The fourth-order valence-electron chi connectivity index (χ4n) is 2.49. The standard InChI is InChI=1S/C20H24BrNO2/c1-14(2)11-16-7-9-17(10-8-16)15(3)22-20(23)13-24-19-6-4-5-18(21)12-19/h4-10,12,14-15H,11,13H2,1-3H3,(H,22,23)/t15-/m0/s1. The first kappa shape index (κ1) is 18.5. The zero-order valence-corrected chi connectivity index (χ0v) is 16.0. The van der Waals surface area contributed by atoms with Crippen LogP contribution in [0.25, 0.3) is 0 Å². The Labute approximate surface area is 152 Å². The van der Waals surface area contributed by atoms with Gasteiger partial charge in [0.1, 0.15) is 5.75 Å². The van der Waals surface area contributed by atoms with E-state index in [-0.39, 0.29) is 18.6 Å². The van der Waals surface area contributed by atoms with Gasteiger partial charge in [-0.25, -0.2) is 0 Å². The summed E-state index contributed by atoms with van der Waals surface area (Å²) in [6.07, 6.45) is 1.07. The largest absolute Gasteiger partial charge is 0.484 e. The normalized spacial score (nSPS) is 12.0. The van der Waals surface area contributed by atoms with E-state index in [1.54, 1.807) is 0 Å². The molecule has 0 heterocycles. The second kappa shape index (κ2) is 8.88. The lowest BCUT2D eigenvalue weighted by molar-refractivity contribution is -0.123. The smallest absolute Gasteiger partial charge is 0.258 e. The summed E-state index contributed by atoms with van der Waals surface area (Å²) < 4.78 is 6.43. The minimum atomic E-state index is -0.131. The van der Waals surface area contributed by atoms with Gasteiger partial charge in [-0.05, 0) is 48.6 Å². The van der Waals surface area contributed by atoms with Crippen molar-refractivity contribution in [3.8, 4) is 5.75 Å². The van der Waals surface area contributed by atoms with E-state index < -0.39 is 0 Å². The number of hydrogen-bond acceptors (Lipinski definition) is 2. The highest BCUT2D eigenvalue weighted by Crippen LogP contribution is 2.18. The quantitative estimate of drug-likeness (QED) is 0.730. The molecule has 3 nitrogen and oxygen atoms in total. The number of carbonyl (C=O) groups is 1. The van der Waals surface area contributed by atoms with Gasteiger partial charge in [-0.1, -0.05) is 60.1 Å². The van der Waals surface area contributed by atoms with Crippen LogP contribution in [0, 0.1) is 5.92 Å². The highest BCUT2D eigenvalue weighted by Gasteiger charge is 2.10. The molecule has 0 saturated heterocycles. The molecule has 1 amide bonds. The summed E-state index contributed by atoms with van der Waals surface area (Å²) in [4.78, 5) is 12.0. The molecule has 0 aliphatic carbocycles. The highest BCUT2D eigenvalue weighted by atomic mass is 79.9.